The Bertz CT molecular complexity index is 460. The van der Waals surface area contributed by atoms with Crippen molar-refractivity contribution in [2.24, 2.45) is 0 Å². The molecule has 7 nitrogen and oxygen atoms in total. The molecular formula is C31H58O7. The lowest BCUT2D eigenvalue weighted by Crippen LogP contribution is -2.19. The minimum atomic E-state index is -0.481. The molecule has 0 amide bonds. The number of hydrogen-bond donors (Lipinski definition) is 1. The fourth-order valence-electron chi connectivity index (χ4n) is 1.90. The third kappa shape index (κ3) is 47.4. The number of rotatable bonds is 8. The zero-order valence-electron chi connectivity index (χ0n) is 25.8. The second-order valence-corrected chi connectivity index (χ2v) is 6.70. The van der Waals surface area contributed by atoms with Gasteiger partial charge in [-0.05, 0) is 0 Å². The molecule has 4 rings (SSSR count). The van der Waals surface area contributed by atoms with Gasteiger partial charge >= 0.3 is 0 Å². The average molecular weight is 543 g/mol. The van der Waals surface area contributed by atoms with Crippen LogP contribution in [0.2, 0.25) is 0 Å². The number of benzene rings is 2. The number of epoxide rings is 2. The number of aliphatic hydroxyl groups is 1. The number of methoxy groups -OCH3 is 4. The quantitative estimate of drug-likeness (QED) is 0.400. The standard InChI is InChI=1S/2C6H6.C5H12O3.2C4H8O2.3C2H6/c2*1-2-4-6-5-3-1;1-7-3-5(6)4-8-2;2*1-5-2-4-3-6-4;3*1-2/h2*1-6H;5-6H,3-4H2,1-2H3;2*4H,2-3H2,1H3;3*1-2H3. The molecule has 0 bridgehead atoms. The molecule has 0 saturated carbocycles. The van der Waals surface area contributed by atoms with Gasteiger partial charge in [0.1, 0.15) is 18.3 Å². The van der Waals surface area contributed by atoms with Gasteiger partial charge in [-0.15, -0.1) is 0 Å². The van der Waals surface area contributed by atoms with E-state index in [1.165, 1.54) is 0 Å². The lowest BCUT2D eigenvalue weighted by molar-refractivity contribution is 0.00980. The van der Waals surface area contributed by atoms with E-state index in [1.54, 1.807) is 28.4 Å². The van der Waals surface area contributed by atoms with Gasteiger partial charge in [0.25, 0.3) is 0 Å². The van der Waals surface area contributed by atoms with Gasteiger partial charge in [-0.25, -0.2) is 0 Å². The van der Waals surface area contributed by atoms with E-state index in [1.807, 2.05) is 114 Å². The van der Waals surface area contributed by atoms with Gasteiger partial charge in [0.2, 0.25) is 0 Å². The van der Waals surface area contributed by atoms with Crippen molar-refractivity contribution in [2.45, 2.75) is 59.9 Å². The van der Waals surface area contributed by atoms with E-state index in [0.29, 0.717) is 25.4 Å². The van der Waals surface area contributed by atoms with Gasteiger partial charge in [-0.3, -0.25) is 0 Å². The van der Waals surface area contributed by atoms with Crippen LogP contribution in [0.4, 0.5) is 0 Å². The van der Waals surface area contributed by atoms with Gasteiger partial charge in [-0.2, -0.15) is 0 Å². The summed E-state index contributed by atoms with van der Waals surface area (Å²) >= 11 is 0. The topological polar surface area (TPSA) is 82.2 Å². The van der Waals surface area contributed by atoms with Crippen molar-refractivity contribution < 1.29 is 33.5 Å². The van der Waals surface area contributed by atoms with Gasteiger partial charge < -0.3 is 33.5 Å². The summed E-state index contributed by atoms with van der Waals surface area (Å²) in [6.45, 7) is 16.0. The molecule has 2 fully saturated rings. The molecule has 2 aromatic rings. The largest absolute Gasteiger partial charge is 0.388 e. The average Bonchev–Trinajstić information content (AvgIpc) is 3.94. The van der Waals surface area contributed by atoms with E-state index in [0.717, 1.165) is 26.4 Å². The maximum atomic E-state index is 8.80. The van der Waals surface area contributed by atoms with E-state index >= 15 is 0 Å². The minimum Gasteiger partial charge on any atom is -0.388 e. The van der Waals surface area contributed by atoms with Crippen molar-refractivity contribution in [3.05, 3.63) is 72.8 Å². The monoisotopic (exact) mass is 542 g/mol. The molecular weight excluding hydrogens is 484 g/mol. The predicted molar refractivity (Wildman–Crippen MR) is 160 cm³/mol. The molecule has 2 aliphatic rings. The first-order valence-corrected chi connectivity index (χ1v) is 13.5. The molecule has 2 heterocycles. The van der Waals surface area contributed by atoms with Crippen LogP contribution in [0.25, 0.3) is 0 Å². The highest BCUT2D eigenvalue weighted by atomic mass is 16.6. The van der Waals surface area contributed by atoms with Crippen molar-refractivity contribution in [2.75, 3.05) is 68.1 Å². The molecule has 1 N–H and O–H groups in total. The summed E-state index contributed by atoms with van der Waals surface area (Å²) in [6.07, 6.45) is 0.370. The highest BCUT2D eigenvalue weighted by molar-refractivity contribution is 4.99. The van der Waals surface area contributed by atoms with Crippen LogP contribution in [0, 0.1) is 0 Å². The van der Waals surface area contributed by atoms with Crippen LogP contribution in [0.3, 0.4) is 0 Å². The van der Waals surface area contributed by atoms with E-state index in [4.69, 9.17) is 24.1 Å². The fraction of sp³-hybridized carbons (Fsp3) is 0.613. The first-order valence-electron chi connectivity index (χ1n) is 13.5. The van der Waals surface area contributed by atoms with Crippen LogP contribution >= 0.6 is 0 Å². The summed E-state index contributed by atoms with van der Waals surface area (Å²) in [5.41, 5.74) is 0. The molecule has 7 heteroatoms. The van der Waals surface area contributed by atoms with Crippen LogP contribution in [0.5, 0.6) is 0 Å². The van der Waals surface area contributed by atoms with Crippen molar-refractivity contribution in [1.82, 2.24) is 0 Å². The summed E-state index contributed by atoms with van der Waals surface area (Å²) in [5, 5.41) is 8.80. The van der Waals surface area contributed by atoms with Crippen LogP contribution in [-0.4, -0.2) is 91.5 Å². The zero-order chi connectivity index (χ0) is 29.7. The molecule has 2 atom stereocenters. The van der Waals surface area contributed by atoms with E-state index in [9.17, 15) is 0 Å². The third-order valence-electron chi connectivity index (χ3n) is 3.56. The number of ether oxygens (including phenoxy) is 6. The first-order chi connectivity index (χ1) is 18.7. The predicted octanol–water partition coefficient (Wildman–Crippen LogP) is 6.16. The van der Waals surface area contributed by atoms with Gasteiger partial charge in [0, 0.05) is 28.4 Å². The van der Waals surface area contributed by atoms with E-state index in [2.05, 4.69) is 9.47 Å². The summed E-state index contributed by atoms with van der Waals surface area (Å²) in [5.74, 6) is 0. The van der Waals surface area contributed by atoms with Crippen molar-refractivity contribution in [1.29, 1.82) is 0 Å². The first kappa shape index (κ1) is 43.2. The summed E-state index contributed by atoms with van der Waals surface area (Å²) in [4.78, 5) is 0. The highest BCUT2D eigenvalue weighted by Gasteiger charge is 2.21. The second-order valence-electron chi connectivity index (χ2n) is 6.70. The highest BCUT2D eigenvalue weighted by Crippen LogP contribution is 2.07. The third-order valence-corrected chi connectivity index (χ3v) is 3.56. The Labute approximate surface area is 234 Å². The summed E-state index contributed by atoms with van der Waals surface area (Å²) in [6, 6.07) is 24.0. The Balaban J connectivity index is -0.000000181. The lowest BCUT2D eigenvalue weighted by atomic mass is 10.4. The van der Waals surface area contributed by atoms with Gasteiger partial charge in [0.15, 0.2) is 0 Å². The Hall–Kier alpha value is -1.84. The Morgan fingerprint density at radius 3 is 0.842 bits per heavy atom. The van der Waals surface area contributed by atoms with Crippen LogP contribution < -0.4 is 0 Å². The summed E-state index contributed by atoms with van der Waals surface area (Å²) < 4.78 is 28.4. The molecule has 2 unspecified atom stereocenters. The maximum absolute atomic E-state index is 8.80. The molecule has 2 aromatic carbocycles. The second kappa shape index (κ2) is 42.3. The van der Waals surface area contributed by atoms with Crippen molar-refractivity contribution >= 4 is 0 Å². The molecule has 2 aliphatic heterocycles. The Kier molecular flexibility index (Phi) is 48.1. The number of aliphatic hydroxyl groups excluding tert-OH is 1. The van der Waals surface area contributed by atoms with Gasteiger partial charge in [-0.1, -0.05) is 114 Å². The smallest absolute Gasteiger partial charge is 0.104 e. The number of hydrogen-bond acceptors (Lipinski definition) is 7. The van der Waals surface area contributed by atoms with Crippen LogP contribution in [0.1, 0.15) is 41.5 Å². The Morgan fingerprint density at radius 1 is 0.526 bits per heavy atom. The Morgan fingerprint density at radius 2 is 0.737 bits per heavy atom. The lowest BCUT2D eigenvalue weighted by Gasteiger charge is -2.05. The molecule has 2 saturated heterocycles. The molecule has 38 heavy (non-hydrogen) atoms. The molecule has 0 aromatic heterocycles. The molecule has 0 aliphatic carbocycles. The zero-order valence-corrected chi connectivity index (χ0v) is 25.8. The van der Waals surface area contributed by atoms with Crippen LogP contribution in [0.15, 0.2) is 72.8 Å². The summed E-state index contributed by atoms with van der Waals surface area (Å²) in [7, 11) is 6.45. The SMILES string of the molecule is CC.CC.CC.COCC(O)COC.COCC1CO1.COCC1CO1.c1ccccc1.c1ccccc1. The van der Waals surface area contributed by atoms with E-state index < -0.39 is 6.10 Å². The molecule has 224 valence electrons. The van der Waals surface area contributed by atoms with Crippen molar-refractivity contribution in [3.63, 3.8) is 0 Å². The minimum absolute atomic E-state index is 0.341. The maximum Gasteiger partial charge on any atom is 0.104 e. The normalized spacial score (nSPS) is 14.8. The van der Waals surface area contributed by atoms with Crippen molar-refractivity contribution in [3.8, 4) is 0 Å². The molecule has 0 radical (unpaired) electrons. The fourth-order valence-corrected chi connectivity index (χ4v) is 1.90. The molecule has 0 spiro atoms. The van der Waals surface area contributed by atoms with Gasteiger partial charge in [0.05, 0.1) is 39.6 Å². The van der Waals surface area contributed by atoms with E-state index in [-0.39, 0.29) is 0 Å². The van der Waals surface area contributed by atoms with Crippen LogP contribution in [-0.2, 0) is 28.4 Å².